The molecule has 108 valence electrons. The topological polar surface area (TPSA) is 57.0 Å². The molecular formula is C11H16F3N3O2. The Kier molecular flexibility index (Phi) is 4.90. The molecule has 0 amide bonds. The third-order valence-corrected chi connectivity index (χ3v) is 2.33. The van der Waals surface area contributed by atoms with E-state index in [0.29, 0.717) is 0 Å². The summed E-state index contributed by atoms with van der Waals surface area (Å²) in [7, 11) is 0. The van der Waals surface area contributed by atoms with Gasteiger partial charge in [0.1, 0.15) is 0 Å². The van der Waals surface area contributed by atoms with Gasteiger partial charge in [0.05, 0.1) is 25.3 Å². The molecule has 0 spiro atoms. The molecule has 0 aliphatic heterocycles. The molecule has 0 fully saturated rings. The fourth-order valence-electron chi connectivity index (χ4n) is 1.30. The molecule has 0 unspecified atom stereocenters. The highest BCUT2D eigenvalue weighted by molar-refractivity contribution is 5.88. The number of halogens is 3. The molecule has 0 N–H and O–H groups in total. The fraction of sp³-hybridized carbons (Fsp3) is 0.727. The lowest BCUT2D eigenvalue weighted by atomic mass is 10.2. The zero-order valence-corrected chi connectivity index (χ0v) is 11.0. The average Bonchev–Trinajstić information content (AvgIpc) is 2.64. The molecule has 5 nitrogen and oxygen atoms in total. The molecule has 0 aliphatic rings. The van der Waals surface area contributed by atoms with Crippen molar-refractivity contribution < 1.29 is 22.7 Å². The van der Waals surface area contributed by atoms with E-state index in [1.54, 1.807) is 0 Å². The van der Waals surface area contributed by atoms with Crippen LogP contribution in [0.1, 0.15) is 36.5 Å². The van der Waals surface area contributed by atoms with Crippen LogP contribution in [0.4, 0.5) is 13.2 Å². The number of hydrogen-bond donors (Lipinski definition) is 0. The number of ether oxygens (including phenoxy) is 1. The summed E-state index contributed by atoms with van der Waals surface area (Å²) >= 11 is 0. The van der Waals surface area contributed by atoms with Gasteiger partial charge in [-0.3, -0.25) is 0 Å². The van der Waals surface area contributed by atoms with Crippen LogP contribution in [0.15, 0.2) is 0 Å². The molecule has 0 atom stereocenters. The minimum atomic E-state index is -4.27. The SMILES string of the molecule is Cc1c(C(=O)OCC(C)C)nnn1CCC(F)(F)F. The molecule has 0 saturated carbocycles. The van der Waals surface area contributed by atoms with Crippen molar-refractivity contribution in [3.8, 4) is 0 Å². The molecule has 19 heavy (non-hydrogen) atoms. The van der Waals surface area contributed by atoms with Gasteiger partial charge in [0.2, 0.25) is 0 Å². The molecule has 1 aromatic rings. The zero-order chi connectivity index (χ0) is 14.6. The molecule has 0 saturated heterocycles. The molecule has 1 heterocycles. The molecule has 0 aliphatic carbocycles. The minimum absolute atomic E-state index is 0.0391. The number of hydrogen-bond acceptors (Lipinski definition) is 4. The number of aromatic nitrogens is 3. The predicted octanol–water partition coefficient (Wildman–Crippen LogP) is 2.35. The Morgan fingerprint density at radius 3 is 2.58 bits per heavy atom. The summed E-state index contributed by atoms with van der Waals surface area (Å²) in [5.74, 6) is -0.492. The van der Waals surface area contributed by atoms with Gasteiger partial charge in [-0.2, -0.15) is 13.2 Å². The summed E-state index contributed by atoms with van der Waals surface area (Å²) in [6.45, 7) is 5.11. The van der Waals surface area contributed by atoms with Crippen LogP contribution in [0, 0.1) is 12.8 Å². The molecule has 8 heteroatoms. The number of alkyl halides is 3. The number of carbonyl (C=O) groups is 1. The molecular weight excluding hydrogens is 263 g/mol. The van der Waals surface area contributed by atoms with Gasteiger partial charge in [-0.15, -0.1) is 5.10 Å². The second kappa shape index (κ2) is 6.03. The first-order valence-corrected chi connectivity index (χ1v) is 5.84. The maximum Gasteiger partial charge on any atom is 0.390 e. The lowest BCUT2D eigenvalue weighted by molar-refractivity contribution is -0.137. The summed E-state index contributed by atoms with van der Waals surface area (Å²) in [6, 6.07) is 0. The van der Waals surface area contributed by atoms with Crippen LogP contribution < -0.4 is 0 Å². The Morgan fingerprint density at radius 1 is 1.42 bits per heavy atom. The Balaban J connectivity index is 2.67. The summed E-state index contributed by atoms with van der Waals surface area (Å²) in [6.07, 6.45) is -5.28. The van der Waals surface area contributed by atoms with Gasteiger partial charge in [0, 0.05) is 0 Å². The Hall–Kier alpha value is -1.60. The van der Waals surface area contributed by atoms with Crippen molar-refractivity contribution in [2.24, 2.45) is 5.92 Å². The number of aryl methyl sites for hydroxylation is 1. The standard InChI is InChI=1S/C11H16F3N3O2/c1-7(2)6-19-10(18)9-8(3)17(16-15-9)5-4-11(12,13)14/h7H,4-6H2,1-3H3. The second-order valence-electron chi connectivity index (χ2n) is 4.60. The fourth-order valence-corrected chi connectivity index (χ4v) is 1.30. The van der Waals surface area contributed by atoms with E-state index >= 15 is 0 Å². The number of nitrogens with zero attached hydrogens (tertiary/aromatic N) is 3. The normalized spacial score (nSPS) is 11.9. The minimum Gasteiger partial charge on any atom is -0.461 e. The monoisotopic (exact) mass is 279 g/mol. The van der Waals surface area contributed by atoms with Crippen LogP contribution in [0.2, 0.25) is 0 Å². The number of esters is 1. The first-order chi connectivity index (χ1) is 8.70. The maximum absolute atomic E-state index is 12.1. The van der Waals surface area contributed by atoms with Crippen LogP contribution in [0.3, 0.4) is 0 Å². The van der Waals surface area contributed by atoms with Crippen molar-refractivity contribution in [3.63, 3.8) is 0 Å². The van der Waals surface area contributed by atoms with Crippen molar-refractivity contribution in [2.75, 3.05) is 6.61 Å². The summed E-state index contributed by atoms with van der Waals surface area (Å²) in [4.78, 5) is 11.6. The highest BCUT2D eigenvalue weighted by atomic mass is 19.4. The van der Waals surface area contributed by atoms with E-state index in [9.17, 15) is 18.0 Å². The molecule has 1 aromatic heterocycles. The van der Waals surface area contributed by atoms with E-state index in [1.165, 1.54) is 6.92 Å². The van der Waals surface area contributed by atoms with Crippen molar-refractivity contribution in [2.45, 2.75) is 39.9 Å². The van der Waals surface area contributed by atoms with Crippen LogP contribution in [0.5, 0.6) is 0 Å². The smallest absolute Gasteiger partial charge is 0.390 e. The Labute approximate surface area is 108 Å². The summed E-state index contributed by atoms with van der Waals surface area (Å²) < 4.78 is 42.3. The predicted molar refractivity (Wildman–Crippen MR) is 60.6 cm³/mol. The quantitative estimate of drug-likeness (QED) is 0.776. The van der Waals surface area contributed by atoms with Gasteiger partial charge in [0.15, 0.2) is 5.69 Å². The van der Waals surface area contributed by atoms with E-state index < -0.39 is 18.6 Å². The van der Waals surface area contributed by atoms with Gasteiger partial charge >= 0.3 is 12.1 Å². The zero-order valence-electron chi connectivity index (χ0n) is 11.0. The Morgan fingerprint density at radius 2 is 2.05 bits per heavy atom. The van der Waals surface area contributed by atoms with Gasteiger partial charge in [-0.25, -0.2) is 9.48 Å². The molecule has 0 bridgehead atoms. The second-order valence-corrected chi connectivity index (χ2v) is 4.60. The van der Waals surface area contributed by atoms with Crippen LogP contribution in [0.25, 0.3) is 0 Å². The van der Waals surface area contributed by atoms with Gasteiger partial charge in [0.25, 0.3) is 0 Å². The van der Waals surface area contributed by atoms with Crippen LogP contribution in [-0.4, -0.2) is 33.7 Å². The van der Waals surface area contributed by atoms with Crippen molar-refractivity contribution in [1.29, 1.82) is 0 Å². The maximum atomic E-state index is 12.1. The van der Waals surface area contributed by atoms with E-state index in [1.807, 2.05) is 13.8 Å². The van der Waals surface area contributed by atoms with E-state index in [2.05, 4.69) is 10.3 Å². The van der Waals surface area contributed by atoms with Gasteiger partial charge in [-0.05, 0) is 12.8 Å². The lowest BCUT2D eigenvalue weighted by Gasteiger charge is -2.07. The Bertz CT molecular complexity index is 441. The van der Waals surface area contributed by atoms with Crippen LogP contribution >= 0.6 is 0 Å². The summed E-state index contributed by atoms with van der Waals surface area (Å²) in [5.41, 5.74) is 0.237. The van der Waals surface area contributed by atoms with E-state index in [0.717, 1.165) is 4.68 Å². The highest BCUT2D eigenvalue weighted by Crippen LogP contribution is 2.20. The van der Waals surface area contributed by atoms with Crippen molar-refractivity contribution in [3.05, 3.63) is 11.4 Å². The van der Waals surface area contributed by atoms with Gasteiger partial charge < -0.3 is 4.74 Å². The third-order valence-electron chi connectivity index (χ3n) is 2.33. The first-order valence-electron chi connectivity index (χ1n) is 5.84. The summed E-state index contributed by atoms with van der Waals surface area (Å²) in [5, 5.41) is 7.10. The van der Waals surface area contributed by atoms with E-state index in [4.69, 9.17) is 4.74 Å². The number of rotatable bonds is 5. The van der Waals surface area contributed by atoms with Crippen LogP contribution in [-0.2, 0) is 11.3 Å². The molecule has 0 radical (unpaired) electrons. The van der Waals surface area contributed by atoms with Gasteiger partial charge in [-0.1, -0.05) is 19.1 Å². The van der Waals surface area contributed by atoms with Crippen molar-refractivity contribution in [1.82, 2.24) is 15.0 Å². The molecule has 0 aromatic carbocycles. The largest absolute Gasteiger partial charge is 0.461 e. The van der Waals surface area contributed by atoms with E-state index in [-0.39, 0.29) is 30.5 Å². The average molecular weight is 279 g/mol. The first kappa shape index (κ1) is 15.5. The number of carbonyl (C=O) groups excluding carboxylic acids is 1. The van der Waals surface area contributed by atoms with Crippen molar-refractivity contribution >= 4 is 5.97 Å². The highest BCUT2D eigenvalue weighted by Gasteiger charge is 2.28. The molecule has 1 rings (SSSR count). The third kappa shape index (κ3) is 4.88. The lowest BCUT2D eigenvalue weighted by Crippen LogP contribution is -2.15.